The van der Waals surface area contributed by atoms with Crippen LogP contribution in [0.25, 0.3) is 0 Å². The molecule has 1 N–H and O–H groups in total. The van der Waals surface area contributed by atoms with Crippen molar-refractivity contribution in [3.63, 3.8) is 0 Å². The van der Waals surface area contributed by atoms with Gasteiger partial charge in [0, 0.05) is 19.2 Å². The summed E-state index contributed by atoms with van der Waals surface area (Å²) in [7, 11) is 0. The van der Waals surface area contributed by atoms with Crippen LogP contribution in [0.2, 0.25) is 0 Å². The lowest BCUT2D eigenvalue weighted by Gasteiger charge is -2.09. The van der Waals surface area contributed by atoms with E-state index in [0.29, 0.717) is 26.4 Å². The van der Waals surface area contributed by atoms with Crippen molar-refractivity contribution in [2.45, 2.75) is 97.3 Å². The van der Waals surface area contributed by atoms with E-state index in [4.69, 9.17) is 14.2 Å². The smallest absolute Gasteiger partial charge is 0.221 e. The van der Waals surface area contributed by atoms with Gasteiger partial charge in [0.15, 0.2) is 0 Å². The number of benzene rings is 1. The van der Waals surface area contributed by atoms with Crippen molar-refractivity contribution in [1.82, 2.24) is 0 Å². The minimum Gasteiger partial charge on any atom is -0.491 e. The molecule has 0 bridgehead atoms. The number of carbonyl (C=O) groups is 1. The molecule has 0 saturated heterocycles. The second-order valence-corrected chi connectivity index (χ2v) is 8.52. The molecule has 5 heteroatoms. The van der Waals surface area contributed by atoms with Crippen LogP contribution in [0.5, 0.6) is 5.75 Å². The van der Waals surface area contributed by atoms with Crippen molar-refractivity contribution in [3.8, 4) is 5.75 Å². The molecule has 5 nitrogen and oxygen atoms in total. The summed E-state index contributed by atoms with van der Waals surface area (Å²) in [6.07, 6.45) is 17.8. The van der Waals surface area contributed by atoms with Crippen LogP contribution in [-0.4, -0.2) is 38.9 Å². The van der Waals surface area contributed by atoms with Gasteiger partial charge in [-0.2, -0.15) is 0 Å². The zero-order valence-electron chi connectivity index (χ0n) is 20.7. The molecule has 1 rings (SSSR count). The van der Waals surface area contributed by atoms with Crippen molar-refractivity contribution in [2.24, 2.45) is 0 Å². The quantitative estimate of drug-likeness (QED) is 0.191. The molecule has 1 aromatic carbocycles. The summed E-state index contributed by atoms with van der Waals surface area (Å²) in [6.45, 7) is 6.88. The van der Waals surface area contributed by atoms with E-state index < -0.39 is 0 Å². The van der Waals surface area contributed by atoms with Gasteiger partial charge in [0.1, 0.15) is 12.4 Å². The molecule has 1 aromatic rings. The lowest BCUT2D eigenvalue weighted by molar-refractivity contribution is -0.114. The maximum absolute atomic E-state index is 11.0. The highest BCUT2D eigenvalue weighted by Gasteiger charge is 1.98. The fourth-order valence-electron chi connectivity index (χ4n) is 3.60. The molecular weight excluding hydrogens is 402 g/mol. The van der Waals surface area contributed by atoms with Gasteiger partial charge in [0.2, 0.25) is 5.91 Å². The Morgan fingerprint density at radius 2 is 1.12 bits per heavy atom. The van der Waals surface area contributed by atoms with Gasteiger partial charge < -0.3 is 19.5 Å². The summed E-state index contributed by atoms with van der Waals surface area (Å²) >= 11 is 0. The van der Waals surface area contributed by atoms with Gasteiger partial charge in [-0.1, -0.05) is 84.0 Å². The average molecular weight is 450 g/mol. The Kier molecular flexibility index (Phi) is 18.9. The van der Waals surface area contributed by atoms with Gasteiger partial charge >= 0.3 is 0 Å². The zero-order chi connectivity index (χ0) is 23.1. The average Bonchev–Trinajstić information content (AvgIpc) is 2.78. The van der Waals surface area contributed by atoms with Gasteiger partial charge in [0.05, 0.1) is 19.8 Å². The molecule has 0 aromatic heterocycles. The van der Waals surface area contributed by atoms with Crippen molar-refractivity contribution in [1.29, 1.82) is 0 Å². The van der Waals surface area contributed by atoms with E-state index in [1.54, 1.807) is 0 Å². The summed E-state index contributed by atoms with van der Waals surface area (Å²) in [4.78, 5) is 11.0. The fourth-order valence-corrected chi connectivity index (χ4v) is 3.60. The van der Waals surface area contributed by atoms with Crippen LogP contribution in [0.1, 0.15) is 97.3 Å². The van der Waals surface area contributed by atoms with Crippen molar-refractivity contribution >= 4 is 11.6 Å². The van der Waals surface area contributed by atoms with Crippen molar-refractivity contribution in [3.05, 3.63) is 24.3 Å². The summed E-state index contributed by atoms with van der Waals surface area (Å²) in [5.41, 5.74) is 0.766. The molecule has 0 atom stereocenters. The molecule has 32 heavy (non-hydrogen) atoms. The van der Waals surface area contributed by atoms with Crippen LogP contribution in [0.4, 0.5) is 5.69 Å². The minimum atomic E-state index is -0.0802. The monoisotopic (exact) mass is 449 g/mol. The summed E-state index contributed by atoms with van der Waals surface area (Å²) in [5.74, 6) is 0.685. The first kappa shape index (κ1) is 28.4. The number of ether oxygens (including phenoxy) is 3. The number of rotatable bonds is 22. The predicted molar refractivity (Wildman–Crippen MR) is 134 cm³/mol. The predicted octanol–water partition coefficient (Wildman–Crippen LogP) is 7.15. The lowest BCUT2D eigenvalue weighted by Crippen LogP contribution is -2.11. The number of amides is 1. The molecule has 0 heterocycles. The molecule has 0 saturated carbocycles. The van der Waals surface area contributed by atoms with E-state index in [1.807, 2.05) is 24.3 Å². The standard InChI is InChI=1S/C27H47NO4/c1-3-4-5-6-7-8-9-10-11-12-13-14-15-20-30-21-22-31-23-24-32-27-18-16-26(17-19-27)28-25(2)29/h16-19H,3-15,20-24H2,1-2H3,(H,28,29). The fraction of sp³-hybridized carbons (Fsp3) is 0.741. The Bertz CT molecular complexity index is 547. The number of carbonyl (C=O) groups excluding carboxylic acids is 1. The Morgan fingerprint density at radius 3 is 1.66 bits per heavy atom. The van der Waals surface area contributed by atoms with Gasteiger partial charge in [-0.3, -0.25) is 4.79 Å². The zero-order valence-corrected chi connectivity index (χ0v) is 20.7. The molecule has 0 unspecified atom stereocenters. The molecule has 0 radical (unpaired) electrons. The molecule has 0 spiro atoms. The number of hydrogen-bond donors (Lipinski definition) is 1. The Hall–Kier alpha value is -1.59. The van der Waals surface area contributed by atoms with Crippen LogP contribution in [0.15, 0.2) is 24.3 Å². The van der Waals surface area contributed by atoms with Gasteiger partial charge in [-0.25, -0.2) is 0 Å². The maximum Gasteiger partial charge on any atom is 0.221 e. The second-order valence-electron chi connectivity index (χ2n) is 8.52. The Balaban J connectivity index is 1.76. The Labute approximate surface area is 196 Å². The van der Waals surface area contributed by atoms with Crippen molar-refractivity contribution < 1.29 is 19.0 Å². The normalized spacial score (nSPS) is 10.9. The van der Waals surface area contributed by atoms with Crippen LogP contribution >= 0.6 is 0 Å². The number of nitrogens with one attached hydrogen (secondary N) is 1. The molecule has 0 aliphatic carbocycles. The molecule has 0 aliphatic heterocycles. The lowest BCUT2D eigenvalue weighted by atomic mass is 10.0. The first-order valence-electron chi connectivity index (χ1n) is 12.9. The third-order valence-electron chi connectivity index (χ3n) is 5.44. The second kappa shape index (κ2) is 21.3. The summed E-state index contributed by atoms with van der Waals surface area (Å²) in [6, 6.07) is 7.32. The number of hydrogen-bond acceptors (Lipinski definition) is 4. The first-order chi connectivity index (χ1) is 15.7. The van der Waals surface area contributed by atoms with Crippen LogP contribution in [0.3, 0.4) is 0 Å². The first-order valence-corrected chi connectivity index (χ1v) is 12.9. The molecule has 0 aliphatic rings. The Morgan fingerprint density at radius 1 is 0.656 bits per heavy atom. The summed E-state index contributed by atoms with van der Waals surface area (Å²) in [5, 5.41) is 2.73. The molecule has 0 fully saturated rings. The van der Waals surface area contributed by atoms with Gasteiger partial charge in [0.25, 0.3) is 0 Å². The van der Waals surface area contributed by atoms with E-state index in [1.165, 1.54) is 84.0 Å². The SMILES string of the molecule is CCCCCCCCCCCCCCCOCCOCCOc1ccc(NC(C)=O)cc1. The largest absolute Gasteiger partial charge is 0.491 e. The van der Waals surface area contributed by atoms with Gasteiger partial charge in [-0.05, 0) is 30.7 Å². The van der Waals surface area contributed by atoms with Crippen LogP contribution in [0, 0.1) is 0 Å². The highest BCUT2D eigenvalue weighted by molar-refractivity contribution is 5.88. The third kappa shape index (κ3) is 18.0. The number of unbranched alkanes of at least 4 members (excludes halogenated alkanes) is 12. The van der Waals surface area contributed by atoms with Crippen LogP contribution < -0.4 is 10.1 Å². The highest BCUT2D eigenvalue weighted by Crippen LogP contribution is 2.15. The van der Waals surface area contributed by atoms with Crippen molar-refractivity contribution in [2.75, 3.05) is 38.4 Å². The topological polar surface area (TPSA) is 56.8 Å². The number of anilines is 1. The molecule has 184 valence electrons. The minimum absolute atomic E-state index is 0.0802. The highest BCUT2D eigenvalue weighted by atomic mass is 16.5. The van der Waals surface area contributed by atoms with E-state index in [2.05, 4.69) is 12.2 Å². The van der Waals surface area contributed by atoms with E-state index in [0.717, 1.165) is 24.5 Å². The van der Waals surface area contributed by atoms with E-state index in [9.17, 15) is 4.79 Å². The van der Waals surface area contributed by atoms with Crippen LogP contribution in [-0.2, 0) is 14.3 Å². The van der Waals surface area contributed by atoms with E-state index >= 15 is 0 Å². The third-order valence-corrected chi connectivity index (χ3v) is 5.44. The molecule has 1 amide bonds. The van der Waals surface area contributed by atoms with E-state index in [-0.39, 0.29) is 5.91 Å². The molecular formula is C27H47NO4. The van der Waals surface area contributed by atoms with Gasteiger partial charge in [-0.15, -0.1) is 0 Å². The summed E-state index contributed by atoms with van der Waals surface area (Å²) < 4.78 is 16.8. The maximum atomic E-state index is 11.0.